The lowest BCUT2D eigenvalue weighted by molar-refractivity contribution is -0.129. The third kappa shape index (κ3) is 7.61. The fourth-order valence-corrected chi connectivity index (χ4v) is 5.90. The first kappa shape index (κ1) is 34.4. The van der Waals surface area contributed by atoms with Gasteiger partial charge in [-0.3, -0.25) is 4.79 Å². The second-order valence-corrected chi connectivity index (χ2v) is 11.7. The van der Waals surface area contributed by atoms with Crippen molar-refractivity contribution in [2.24, 2.45) is 10.1 Å². The van der Waals surface area contributed by atoms with Gasteiger partial charge >= 0.3 is 0 Å². The van der Waals surface area contributed by atoms with Crippen LogP contribution in [0.5, 0.6) is 17.2 Å². The van der Waals surface area contributed by atoms with Crippen molar-refractivity contribution in [3.05, 3.63) is 128 Å². The number of azide groups is 1. The molecule has 48 heavy (non-hydrogen) atoms. The lowest BCUT2D eigenvalue weighted by atomic mass is 9.81. The molecule has 5 rings (SSSR count). The molecular weight excluding hydrogens is 657 g/mol. The number of benzene rings is 4. The molecule has 0 saturated carbocycles. The predicted molar refractivity (Wildman–Crippen MR) is 184 cm³/mol. The maximum atomic E-state index is 14.7. The van der Waals surface area contributed by atoms with E-state index in [2.05, 4.69) is 15.3 Å². The summed E-state index contributed by atoms with van der Waals surface area (Å²) in [4.78, 5) is 22.7. The third-order valence-corrected chi connectivity index (χ3v) is 8.34. The molecule has 0 bridgehead atoms. The predicted octanol–water partition coefficient (Wildman–Crippen LogP) is 7.53. The fraction of sp³-hybridized carbons (Fsp3) is 0.257. The van der Waals surface area contributed by atoms with E-state index in [4.69, 9.17) is 52.2 Å². The van der Waals surface area contributed by atoms with Gasteiger partial charge in [0.2, 0.25) is 5.90 Å². The molecule has 4 aromatic rings. The van der Waals surface area contributed by atoms with Gasteiger partial charge in [0.25, 0.3) is 5.91 Å². The molecule has 1 aliphatic heterocycles. The van der Waals surface area contributed by atoms with Gasteiger partial charge in [0.05, 0.1) is 20.8 Å². The first-order chi connectivity index (χ1) is 23.3. The zero-order valence-corrected chi connectivity index (χ0v) is 27.7. The number of rotatable bonds is 14. The summed E-state index contributed by atoms with van der Waals surface area (Å²) in [5.41, 5.74) is 10.4. The van der Waals surface area contributed by atoms with Gasteiger partial charge in [-0.05, 0) is 65.2 Å². The van der Waals surface area contributed by atoms with E-state index in [-0.39, 0.29) is 30.5 Å². The first-order valence-electron chi connectivity index (χ1n) is 15.0. The average Bonchev–Trinajstić information content (AvgIpc) is 3.48. The number of ether oxygens (including phenoxy) is 4. The molecule has 0 spiro atoms. The molecule has 1 amide bonds. The van der Waals surface area contributed by atoms with Crippen LogP contribution in [0.25, 0.3) is 10.4 Å². The molecule has 13 heteroatoms. The maximum absolute atomic E-state index is 14.7. The zero-order valence-electron chi connectivity index (χ0n) is 26.2. The smallest absolute Gasteiger partial charge is 0.252 e. The van der Waals surface area contributed by atoms with Crippen molar-refractivity contribution in [3.63, 3.8) is 0 Å². The summed E-state index contributed by atoms with van der Waals surface area (Å²) >= 11 is 13.0. The molecule has 2 atom stereocenters. The van der Waals surface area contributed by atoms with Crippen LogP contribution in [0.4, 0.5) is 5.69 Å². The quantitative estimate of drug-likeness (QED) is 0.0605. The van der Waals surface area contributed by atoms with E-state index >= 15 is 0 Å². The lowest BCUT2D eigenvalue weighted by Crippen LogP contribution is -2.49. The first-order valence-corrected chi connectivity index (χ1v) is 15.7. The third-order valence-electron chi connectivity index (χ3n) is 7.78. The highest BCUT2D eigenvalue weighted by Crippen LogP contribution is 2.46. The van der Waals surface area contributed by atoms with E-state index < -0.39 is 17.6 Å². The van der Waals surface area contributed by atoms with Crippen LogP contribution in [0.3, 0.4) is 0 Å². The van der Waals surface area contributed by atoms with E-state index in [9.17, 15) is 10.3 Å². The van der Waals surface area contributed by atoms with Gasteiger partial charge in [0, 0.05) is 57.8 Å². The van der Waals surface area contributed by atoms with Crippen molar-refractivity contribution in [2.45, 2.75) is 31.0 Å². The van der Waals surface area contributed by atoms with Gasteiger partial charge < -0.3 is 29.4 Å². The van der Waals surface area contributed by atoms with E-state index in [0.717, 1.165) is 5.56 Å². The topological polar surface area (TPSA) is 147 Å². The highest BCUT2D eigenvalue weighted by atomic mass is 35.5. The van der Waals surface area contributed by atoms with E-state index in [1.807, 2.05) is 6.07 Å². The molecule has 1 aliphatic rings. The Morgan fingerprint density at radius 1 is 1.04 bits per heavy atom. The van der Waals surface area contributed by atoms with Crippen molar-refractivity contribution in [1.82, 2.24) is 5.32 Å². The molecule has 1 heterocycles. The van der Waals surface area contributed by atoms with Crippen molar-refractivity contribution in [1.29, 1.82) is 0 Å². The van der Waals surface area contributed by atoms with Gasteiger partial charge in [-0.1, -0.05) is 64.7 Å². The lowest BCUT2D eigenvalue weighted by Gasteiger charge is -2.31. The van der Waals surface area contributed by atoms with Crippen LogP contribution in [0, 0.1) is 0 Å². The summed E-state index contributed by atoms with van der Waals surface area (Å²) in [6.45, 7) is 0.513. The van der Waals surface area contributed by atoms with Gasteiger partial charge in [-0.2, -0.15) is 0 Å². The number of methoxy groups -OCH3 is 2. The Morgan fingerprint density at radius 3 is 2.52 bits per heavy atom. The normalized spacial score (nSPS) is 16.7. The summed E-state index contributed by atoms with van der Waals surface area (Å²) in [6, 6.07) is 24.4. The molecular formula is C35H33Cl2N5O6. The molecule has 0 aliphatic carbocycles. The molecule has 0 saturated heterocycles. The minimum absolute atomic E-state index is 0.00453. The van der Waals surface area contributed by atoms with Crippen molar-refractivity contribution >= 4 is 40.7 Å². The van der Waals surface area contributed by atoms with Crippen LogP contribution in [-0.4, -0.2) is 49.9 Å². The minimum atomic E-state index is -1.62. The molecule has 0 aromatic heterocycles. The van der Waals surface area contributed by atoms with Crippen LogP contribution in [0.15, 0.2) is 95.0 Å². The number of carbonyl (C=O) groups excluding carboxylic acids is 1. The Morgan fingerprint density at radius 2 is 1.81 bits per heavy atom. The molecule has 0 unspecified atom stereocenters. The van der Waals surface area contributed by atoms with Crippen LogP contribution in [0.1, 0.15) is 34.8 Å². The van der Waals surface area contributed by atoms with Crippen LogP contribution in [0.2, 0.25) is 10.0 Å². The molecule has 4 aromatic carbocycles. The summed E-state index contributed by atoms with van der Waals surface area (Å²) in [5.74, 6) is 1.42. The van der Waals surface area contributed by atoms with Crippen molar-refractivity contribution < 1.29 is 28.8 Å². The van der Waals surface area contributed by atoms with Crippen LogP contribution < -0.4 is 19.5 Å². The second kappa shape index (κ2) is 15.8. The largest absolute Gasteiger partial charge is 0.494 e. The Bertz CT molecular complexity index is 1850. The number of aliphatic hydroxyl groups excluding tert-OH is 1. The van der Waals surface area contributed by atoms with Crippen molar-refractivity contribution in [2.75, 3.05) is 27.4 Å². The van der Waals surface area contributed by atoms with Gasteiger partial charge in [0.15, 0.2) is 23.1 Å². The number of hydrogen-bond acceptors (Lipinski definition) is 8. The van der Waals surface area contributed by atoms with E-state index in [1.54, 1.807) is 86.0 Å². The number of carbonyl (C=O) groups is 1. The Hall–Kier alpha value is -4.93. The minimum Gasteiger partial charge on any atom is -0.494 e. The maximum Gasteiger partial charge on any atom is 0.252 e. The number of nitrogens with one attached hydrogen (secondary N) is 1. The Labute approximate surface area is 287 Å². The molecule has 11 nitrogen and oxygen atoms in total. The molecule has 0 fully saturated rings. The van der Waals surface area contributed by atoms with Gasteiger partial charge in [-0.25, -0.2) is 4.99 Å². The number of hydrogen-bond donors (Lipinski definition) is 2. The standard InChI is InChI=1S/C35H33Cl2N5O6/c1-45-30-15-8-22(18-31(30)46-2)21-39-34(44)35(20-24-6-3-4-7-29(24)41-42-38)32(27-14-11-25(36)19-28(27)37)48-33(40-35)23-9-12-26(13-10-23)47-17-5-16-43/h3-4,6-15,18-19,32,43H,5,16-17,20-21H2,1-2H3,(H,39,44)/t32-,35-/m1/s1. The monoisotopic (exact) mass is 689 g/mol. The average molecular weight is 691 g/mol. The zero-order chi connectivity index (χ0) is 34.1. The van der Waals surface area contributed by atoms with Gasteiger partial charge in [0.1, 0.15) is 5.75 Å². The SMILES string of the molecule is COc1ccc(CNC(=O)[C@]2(Cc3ccccc3N=[N+]=[N-])N=C(c3ccc(OCCCO)cc3)O[C@@H]2c2ccc(Cl)cc2Cl)cc1OC. The molecule has 2 N–H and O–H groups in total. The number of halogens is 2. The summed E-state index contributed by atoms with van der Waals surface area (Å²) in [5, 5.41) is 16.7. The highest BCUT2D eigenvalue weighted by molar-refractivity contribution is 6.35. The Balaban J connectivity index is 1.61. The Kier molecular flexibility index (Phi) is 11.3. The fourth-order valence-electron chi connectivity index (χ4n) is 5.40. The summed E-state index contributed by atoms with van der Waals surface area (Å²) < 4.78 is 23.1. The summed E-state index contributed by atoms with van der Waals surface area (Å²) in [6.07, 6.45) is -0.517. The number of aliphatic imine (C=N–C) groups is 1. The number of nitrogens with zero attached hydrogens (tertiary/aromatic N) is 4. The van der Waals surface area contributed by atoms with E-state index in [1.165, 1.54) is 7.11 Å². The molecule has 248 valence electrons. The molecule has 0 radical (unpaired) electrons. The summed E-state index contributed by atoms with van der Waals surface area (Å²) in [7, 11) is 3.09. The second-order valence-electron chi connectivity index (χ2n) is 10.8. The van der Waals surface area contributed by atoms with Crippen LogP contribution in [-0.2, 0) is 22.5 Å². The van der Waals surface area contributed by atoms with Gasteiger partial charge in [-0.15, -0.1) is 0 Å². The van der Waals surface area contributed by atoms with Crippen molar-refractivity contribution in [3.8, 4) is 17.2 Å². The highest BCUT2D eigenvalue weighted by Gasteiger charge is 2.54. The van der Waals surface area contributed by atoms with E-state index in [0.29, 0.717) is 57.7 Å². The van der Waals surface area contributed by atoms with Crippen LogP contribution >= 0.6 is 23.2 Å². The number of aliphatic hydroxyl groups is 1. The number of amides is 1.